The van der Waals surface area contributed by atoms with Crippen molar-refractivity contribution >= 4 is 21.7 Å². The standard InChI is InChI=1S/C15H23BrN2O/c1-12(2)19-14-8-5-10-17-15(14)18(11-9-16)13-6-3-4-7-13/h5,8,10,12-13H,3-4,6-7,9,11H2,1-2H3. The average Bonchev–Trinajstić information content (AvgIpc) is 2.90. The van der Waals surface area contributed by atoms with Gasteiger partial charge in [-0.1, -0.05) is 28.8 Å². The normalized spacial score (nSPS) is 16.0. The van der Waals surface area contributed by atoms with Crippen LogP contribution < -0.4 is 9.64 Å². The Kier molecular flexibility index (Phi) is 5.49. The van der Waals surface area contributed by atoms with E-state index in [1.807, 2.05) is 18.3 Å². The van der Waals surface area contributed by atoms with E-state index in [2.05, 4.69) is 39.7 Å². The predicted molar refractivity (Wildman–Crippen MR) is 83.4 cm³/mol. The first kappa shape index (κ1) is 14.6. The first-order valence-corrected chi connectivity index (χ1v) is 8.28. The molecule has 0 atom stereocenters. The molecular weight excluding hydrogens is 304 g/mol. The molecule has 0 spiro atoms. The largest absolute Gasteiger partial charge is 0.487 e. The smallest absolute Gasteiger partial charge is 0.171 e. The zero-order valence-corrected chi connectivity index (χ0v) is 13.4. The highest BCUT2D eigenvalue weighted by Crippen LogP contribution is 2.33. The van der Waals surface area contributed by atoms with Crippen LogP contribution in [0.2, 0.25) is 0 Å². The lowest BCUT2D eigenvalue weighted by molar-refractivity contribution is 0.241. The van der Waals surface area contributed by atoms with Gasteiger partial charge in [-0.05, 0) is 38.8 Å². The minimum Gasteiger partial charge on any atom is -0.487 e. The van der Waals surface area contributed by atoms with Crippen molar-refractivity contribution in [2.45, 2.75) is 51.7 Å². The van der Waals surface area contributed by atoms with E-state index in [0.29, 0.717) is 6.04 Å². The van der Waals surface area contributed by atoms with Crippen molar-refractivity contribution < 1.29 is 4.74 Å². The van der Waals surface area contributed by atoms with Crippen LogP contribution in [-0.4, -0.2) is 29.0 Å². The van der Waals surface area contributed by atoms with Gasteiger partial charge in [0.05, 0.1) is 6.10 Å². The Morgan fingerprint density at radius 1 is 1.42 bits per heavy atom. The van der Waals surface area contributed by atoms with Crippen LogP contribution in [0.1, 0.15) is 39.5 Å². The van der Waals surface area contributed by atoms with Gasteiger partial charge < -0.3 is 9.64 Å². The molecule has 1 heterocycles. The molecule has 0 radical (unpaired) electrons. The lowest BCUT2D eigenvalue weighted by Gasteiger charge is -2.31. The van der Waals surface area contributed by atoms with Gasteiger partial charge in [0, 0.05) is 24.1 Å². The predicted octanol–water partition coefficient (Wildman–Crippen LogP) is 4.01. The number of aromatic nitrogens is 1. The van der Waals surface area contributed by atoms with Gasteiger partial charge in [0.15, 0.2) is 11.6 Å². The van der Waals surface area contributed by atoms with Gasteiger partial charge in [-0.25, -0.2) is 4.98 Å². The van der Waals surface area contributed by atoms with E-state index in [-0.39, 0.29) is 6.10 Å². The molecule has 1 aromatic rings. The van der Waals surface area contributed by atoms with Crippen molar-refractivity contribution in [3.63, 3.8) is 0 Å². The number of ether oxygens (including phenoxy) is 1. The molecule has 4 heteroatoms. The van der Waals surface area contributed by atoms with Crippen molar-refractivity contribution in [1.82, 2.24) is 4.98 Å². The Hall–Kier alpha value is -0.770. The van der Waals surface area contributed by atoms with Crippen molar-refractivity contribution in [3.05, 3.63) is 18.3 Å². The fraction of sp³-hybridized carbons (Fsp3) is 0.667. The van der Waals surface area contributed by atoms with E-state index in [1.54, 1.807) is 0 Å². The molecule has 3 nitrogen and oxygen atoms in total. The van der Waals surface area contributed by atoms with Crippen molar-refractivity contribution in [3.8, 4) is 5.75 Å². The first-order chi connectivity index (χ1) is 9.22. The van der Waals surface area contributed by atoms with Gasteiger partial charge >= 0.3 is 0 Å². The third-order valence-electron chi connectivity index (χ3n) is 3.48. The molecule has 1 fully saturated rings. The minimum absolute atomic E-state index is 0.178. The number of hydrogen-bond donors (Lipinski definition) is 0. The Morgan fingerprint density at radius 2 is 2.16 bits per heavy atom. The van der Waals surface area contributed by atoms with Crippen LogP contribution in [0.15, 0.2) is 18.3 Å². The van der Waals surface area contributed by atoms with Gasteiger partial charge in [-0.2, -0.15) is 0 Å². The monoisotopic (exact) mass is 326 g/mol. The number of rotatable bonds is 6. The lowest BCUT2D eigenvalue weighted by atomic mass is 10.2. The number of halogens is 1. The van der Waals surface area contributed by atoms with E-state index in [0.717, 1.165) is 23.4 Å². The van der Waals surface area contributed by atoms with Crippen molar-refractivity contribution in [2.75, 3.05) is 16.8 Å². The van der Waals surface area contributed by atoms with E-state index >= 15 is 0 Å². The van der Waals surface area contributed by atoms with Crippen molar-refractivity contribution in [1.29, 1.82) is 0 Å². The Balaban J connectivity index is 2.24. The Labute approximate surface area is 124 Å². The molecule has 106 valence electrons. The Bertz CT molecular complexity index is 391. The average molecular weight is 327 g/mol. The summed E-state index contributed by atoms with van der Waals surface area (Å²) in [6.07, 6.45) is 7.24. The molecule has 0 aliphatic heterocycles. The van der Waals surface area contributed by atoms with Crippen LogP contribution >= 0.6 is 15.9 Å². The number of pyridine rings is 1. The van der Waals surface area contributed by atoms with Gasteiger partial charge in [0.2, 0.25) is 0 Å². The number of nitrogens with zero attached hydrogens (tertiary/aromatic N) is 2. The molecule has 2 rings (SSSR count). The summed E-state index contributed by atoms with van der Waals surface area (Å²) in [7, 11) is 0. The summed E-state index contributed by atoms with van der Waals surface area (Å²) in [5, 5.41) is 0.960. The quantitative estimate of drug-likeness (QED) is 0.738. The van der Waals surface area contributed by atoms with Gasteiger partial charge in [-0.15, -0.1) is 0 Å². The Morgan fingerprint density at radius 3 is 2.79 bits per heavy atom. The molecule has 19 heavy (non-hydrogen) atoms. The zero-order valence-electron chi connectivity index (χ0n) is 11.8. The summed E-state index contributed by atoms with van der Waals surface area (Å²) in [6, 6.07) is 4.59. The maximum absolute atomic E-state index is 5.91. The second-order valence-electron chi connectivity index (χ2n) is 5.31. The fourth-order valence-corrected chi connectivity index (χ4v) is 3.09. The van der Waals surface area contributed by atoms with E-state index in [4.69, 9.17) is 4.74 Å². The van der Waals surface area contributed by atoms with Crippen LogP contribution in [0.4, 0.5) is 5.82 Å². The highest BCUT2D eigenvalue weighted by molar-refractivity contribution is 9.09. The molecule has 1 aliphatic carbocycles. The molecule has 0 saturated heterocycles. The van der Waals surface area contributed by atoms with Crippen LogP contribution in [0.25, 0.3) is 0 Å². The number of anilines is 1. The van der Waals surface area contributed by atoms with E-state index < -0.39 is 0 Å². The van der Waals surface area contributed by atoms with E-state index in [1.165, 1.54) is 25.7 Å². The van der Waals surface area contributed by atoms with Gasteiger partial charge in [0.25, 0.3) is 0 Å². The number of alkyl halides is 1. The fourth-order valence-electron chi connectivity index (χ4n) is 2.71. The minimum atomic E-state index is 0.178. The summed E-state index contributed by atoms with van der Waals surface area (Å²) in [6.45, 7) is 5.10. The third-order valence-corrected chi connectivity index (χ3v) is 3.83. The summed E-state index contributed by atoms with van der Waals surface area (Å²) in [4.78, 5) is 6.99. The van der Waals surface area contributed by atoms with Crippen LogP contribution in [0.3, 0.4) is 0 Å². The number of hydrogen-bond acceptors (Lipinski definition) is 3. The topological polar surface area (TPSA) is 25.4 Å². The summed E-state index contributed by atoms with van der Waals surface area (Å²) >= 11 is 3.56. The molecular formula is C15H23BrN2O. The molecule has 0 N–H and O–H groups in total. The lowest BCUT2D eigenvalue weighted by Crippen LogP contribution is -2.36. The summed E-state index contributed by atoms with van der Waals surface area (Å²) < 4.78 is 5.91. The highest BCUT2D eigenvalue weighted by atomic mass is 79.9. The first-order valence-electron chi connectivity index (χ1n) is 7.16. The van der Waals surface area contributed by atoms with Crippen LogP contribution in [0, 0.1) is 0 Å². The van der Waals surface area contributed by atoms with E-state index in [9.17, 15) is 0 Å². The molecule has 0 bridgehead atoms. The maximum atomic E-state index is 5.91. The zero-order chi connectivity index (χ0) is 13.7. The molecule has 0 aromatic carbocycles. The maximum Gasteiger partial charge on any atom is 0.171 e. The third kappa shape index (κ3) is 3.85. The molecule has 1 aliphatic rings. The molecule has 1 aromatic heterocycles. The molecule has 0 amide bonds. The molecule has 0 unspecified atom stereocenters. The van der Waals surface area contributed by atoms with Crippen LogP contribution in [0.5, 0.6) is 5.75 Å². The van der Waals surface area contributed by atoms with Crippen molar-refractivity contribution in [2.24, 2.45) is 0 Å². The van der Waals surface area contributed by atoms with Gasteiger partial charge in [0.1, 0.15) is 0 Å². The van der Waals surface area contributed by atoms with Crippen LogP contribution in [-0.2, 0) is 0 Å². The van der Waals surface area contributed by atoms with Gasteiger partial charge in [-0.3, -0.25) is 0 Å². The SMILES string of the molecule is CC(C)Oc1cccnc1N(CCBr)C1CCCC1. The highest BCUT2D eigenvalue weighted by Gasteiger charge is 2.25. The second-order valence-corrected chi connectivity index (χ2v) is 6.11. The second kappa shape index (κ2) is 7.13. The molecule has 1 saturated carbocycles. The summed E-state index contributed by atoms with van der Waals surface area (Å²) in [5.74, 6) is 1.91. The summed E-state index contributed by atoms with van der Waals surface area (Å²) in [5.41, 5.74) is 0.